The monoisotopic (exact) mass is 272 g/mol. The maximum atomic E-state index is 5.85. The van der Waals surface area contributed by atoms with Crippen LogP contribution in [0.2, 0.25) is 0 Å². The van der Waals surface area contributed by atoms with Gasteiger partial charge in [0, 0.05) is 32.1 Å². The Morgan fingerprint density at radius 3 is 2.95 bits per heavy atom. The van der Waals surface area contributed by atoms with Crippen LogP contribution < -0.4 is 10.1 Å². The Labute approximate surface area is 116 Å². The summed E-state index contributed by atoms with van der Waals surface area (Å²) < 4.78 is 9.41. The van der Waals surface area contributed by atoms with Gasteiger partial charge < -0.3 is 10.1 Å². The fraction of sp³-hybridized carbons (Fsp3) is 0.308. The molecule has 0 fully saturated rings. The van der Waals surface area contributed by atoms with Gasteiger partial charge >= 0.3 is 0 Å². The van der Waals surface area contributed by atoms with E-state index >= 15 is 0 Å². The first kappa shape index (κ1) is 12.5. The third-order valence-electron chi connectivity index (χ3n) is 2.86. The zero-order valence-electron chi connectivity index (χ0n) is 11.7. The lowest BCUT2D eigenvalue weighted by Crippen LogP contribution is -2.04. The largest absolute Gasteiger partial charge is 0.417 e. The fourth-order valence-corrected chi connectivity index (χ4v) is 2.02. The van der Waals surface area contributed by atoms with E-state index in [1.54, 1.807) is 10.9 Å². The second kappa shape index (κ2) is 4.84. The first-order valence-electron chi connectivity index (χ1n) is 6.43. The Morgan fingerprint density at radius 1 is 1.40 bits per heavy atom. The average Bonchev–Trinajstić information content (AvgIpc) is 2.97. The zero-order chi connectivity index (χ0) is 14.1. The third-order valence-corrected chi connectivity index (χ3v) is 2.86. The standard InChI is InChI=1S/C13H16N6O/c1-4-14-10-8-19-6-5-15-12(19)13(16-10)20-11-7-9(2)17-18(11)3/h5-8,14H,4H2,1-3H3. The molecular formula is C13H16N6O. The molecule has 0 atom stereocenters. The molecule has 0 unspecified atom stereocenters. The van der Waals surface area contributed by atoms with E-state index in [9.17, 15) is 0 Å². The second-order valence-electron chi connectivity index (χ2n) is 4.47. The molecule has 0 saturated heterocycles. The van der Waals surface area contributed by atoms with Crippen LogP contribution >= 0.6 is 0 Å². The number of imidazole rings is 1. The molecule has 0 aliphatic carbocycles. The van der Waals surface area contributed by atoms with Crippen molar-refractivity contribution < 1.29 is 4.74 Å². The van der Waals surface area contributed by atoms with Gasteiger partial charge in [0.05, 0.1) is 11.9 Å². The summed E-state index contributed by atoms with van der Waals surface area (Å²) in [4.78, 5) is 8.72. The molecule has 7 heteroatoms. The molecule has 1 N–H and O–H groups in total. The van der Waals surface area contributed by atoms with E-state index in [2.05, 4.69) is 20.4 Å². The summed E-state index contributed by atoms with van der Waals surface area (Å²) in [6.45, 7) is 4.72. The molecule has 0 bridgehead atoms. The number of nitrogens with zero attached hydrogens (tertiary/aromatic N) is 5. The summed E-state index contributed by atoms with van der Waals surface area (Å²) in [6.07, 6.45) is 5.46. The highest BCUT2D eigenvalue weighted by molar-refractivity contribution is 5.54. The van der Waals surface area contributed by atoms with E-state index < -0.39 is 0 Å². The number of ether oxygens (including phenoxy) is 1. The van der Waals surface area contributed by atoms with Gasteiger partial charge in [-0.25, -0.2) is 9.67 Å². The topological polar surface area (TPSA) is 69.3 Å². The van der Waals surface area contributed by atoms with Crippen molar-refractivity contribution in [1.82, 2.24) is 24.1 Å². The predicted octanol–water partition coefficient (Wildman–Crippen LogP) is 2.00. The van der Waals surface area contributed by atoms with Crippen molar-refractivity contribution in [3.63, 3.8) is 0 Å². The minimum atomic E-state index is 0.455. The van der Waals surface area contributed by atoms with Gasteiger partial charge in [-0.1, -0.05) is 0 Å². The average molecular weight is 272 g/mol. The van der Waals surface area contributed by atoms with Crippen LogP contribution in [0.3, 0.4) is 0 Å². The van der Waals surface area contributed by atoms with Crippen LogP contribution in [0.4, 0.5) is 5.82 Å². The van der Waals surface area contributed by atoms with Gasteiger partial charge in [0.1, 0.15) is 5.82 Å². The quantitative estimate of drug-likeness (QED) is 0.786. The van der Waals surface area contributed by atoms with Crippen LogP contribution in [-0.2, 0) is 7.05 Å². The van der Waals surface area contributed by atoms with Crippen molar-refractivity contribution in [3.8, 4) is 11.8 Å². The van der Waals surface area contributed by atoms with Crippen molar-refractivity contribution in [2.45, 2.75) is 13.8 Å². The van der Waals surface area contributed by atoms with Crippen LogP contribution in [0.5, 0.6) is 11.8 Å². The predicted molar refractivity (Wildman–Crippen MR) is 75.2 cm³/mol. The van der Waals surface area contributed by atoms with Crippen molar-refractivity contribution in [1.29, 1.82) is 0 Å². The lowest BCUT2D eigenvalue weighted by molar-refractivity contribution is 0.418. The Morgan fingerprint density at radius 2 is 2.25 bits per heavy atom. The number of fused-ring (bicyclic) bond motifs is 1. The van der Waals surface area contributed by atoms with Gasteiger partial charge in [-0.15, -0.1) is 0 Å². The Bertz CT molecular complexity index is 744. The number of hydrogen-bond acceptors (Lipinski definition) is 5. The van der Waals surface area contributed by atoms with E-state index in [1.165, 1.54) is 0 Å². The zero-order valence-corrected chi connectivity index (χ0v) is 11.7. The maximum absolute atomic E-state index is 5.85. The number of nitrogens with one attached hydrogen (secondary N) is 1. The molecule has 0 spiro atoms. The Balaban J connectivity index is 2.05. The molecule has 0 aliphatic heterocycles. The SMILES string of the molecule is CCNc1cn2ccnc2c(Oc2cc(C)nn2C)n1. The summed E-state index contributed by atoms with van der Waals surface area (Å²) in [5.74, 6) is 1.83. The van der Waals surface area contributed by atoms with Crippen LogP contribution in [0.1, 0.15) is 12.6 Å². The smallest absolute Gasteiger partial charge is 0.267 e. The summed E-state index contributed by atoms with van der Waals surface area (Å²) in [5, 5.41) is 7.43. The molecule has 3 aromatic heterocycles. The van der Waals surface area contributed by atoms with Gasteiger partial charge in [0.25, 0.3) is 5.88 Å². The summed E-state index contributed by atoms with van der Waals surface area (Å²) in [7, 11) is 1.83. The van der Waals surface area contributed by atoms with Crippen LogP contribution in [-0.4, -0.2) is 30.7 Å². The molecule has 7 nitrogen and oxygen atoms in total. The molecule has 0 saturated carbocycles. The summed E-state index contributed by atoms with van der Waals surface area (Å²) >= 11 is 0. The van der Waals surface area contributed by atoms with E-state index in [4.69, 9.17) is 4.74 Å². The van der Waals surface area contributed by atoms with E-state index in [0.717, 1.165) is 18.1 Å². The van der Waals surface area contributed by atoms with Crippen LogP contribution in [0.25, 0.3) is 5.65 Å². The fourth-order valence-electron chi connectivity index (χ4n) is 2.02. The second-order valence-corrected chi connectivity index (χ2v) is 4.47. The van der Waals surface area contributed by atoms with E-state index in [-0.39, 0.29) is 0 Å². The molecule has 3 rings (SSSR count). The van der Waals surface area contributed by atoms with Gasteiger partial charge in [-0.05, 0) is 13.8 Å². The van der Waals surface area contributed by atoms with Crippen molar-refractivity contribution in [3.05, 3.63) is 30.4 Å². The molecule has 104 valence electrons. The number of aromatic nitrogens is 5. The summed E-state index contributed by atoms with van der Waals surface area (Å²) in [5.41, 5.74) is 1.57. The van der Waals surface area contributed by atoms with Crippen LogP contribution in [0, 0.1) is 6.92 Å². The lowest BCUT2D eigenvalue weighted by atomic mass is 10.5. The molecule has 0 aliphatic rings. The summed E-state index contributed by atoms with van der Waals surface area (Å²) in [6, 6.07) is 1.86. The van der Waals surface area contributed by atoms with E-state index in [0.29, 0.717) is 17.4 Å². The van der Waals surface area contributed by atoms with Gasteiger partial charge in [-0.3, -0.25) is 4.40 Å². The van der Waals surface area contributed by atoms with Gasteiger partial charge in [0.2, 0.25) is 11.5 Å². The molecular weight excluding hydrogens is 256 g/mol. The lowest BCUT2D eigenvalue weighted by Gasteiger charge is -2.09. The minimum absolute atomic E-state index is 0.455. The van der Waals surface area contributed by atoms with Gasteiger partial charge in [-0.2, -0.15) is 10.1 Å². The highest BCUT2D eigenvalue weighted by Crippen LogP contribution is 2.25. The molecule has 0 aromatic carbocycles. The van der Waals surface area contributed by atoms with Crippen molar-refractivity contribution in [2.75, 3.05) is 11.9 Å². The van der Waals surface area contributed by atoms with Crippen molar-refractivity contribution in [2.24, 2.45) is 7.05 Å². The number of aryl methyl sites for hydroxylation is 2. The highest BCUT2D eigenvalue weighted by Gasteiger charge is 2.12. The Kier molecular flexibility index (Phi) is 3.02. The highest BCUT2D eigenvalue weighted by atomic mass is 16.5. The first-order valence-corrected chi connectivity index (χ1v) is 6.43. The normalized spacial score (nSPS) is 10.9. The van der Waals surface area contributed by atoms with Gasteiger partial charge in [0.15, 0.2) is 0 Å². The third kappa shape index (κ3) is 2.18. The number of hydrogen-bond donors (Lipinski definition) is 1. The van der Waals surface area contributed by atoms with Crippen molar-refractivity contribution >= 4 is 11.5 Å². The molecule has 0 amide bonds. The Hall–Kier alpha value is -2.57. The molecule has 3 aromatic rings. The minimum Gasteiger partial charge on any atom is -0.417 e. The maximum Gasteiger partial charge on any atom is 0.267 e. The van der Waals surface area contributed by atoms with Crippen LogP contribution in [0.15, 0.2) is 24.7 Å². The number of anilines is 1. The number of rotatable bonds is 4. The van der Waals surface area contributed by atoms with E-state index in [1.807, 2.05) is 43.8 Å². The first-order chi connectivity index (χ1) is 9.67. The molecule has 0 radical (unpaired) electrons. The molecule has 20 heavy (non-hydrogen) atoms. The molecule has 3 heterocycles.